The molecule has 22 heavy (non-hydrogen) atoms. The zero-order chi connectivity index (χ0) is 16.7. The molecule has 0 unspecified atom stereocenters. The molecule has 1 amide bonds. The SMILES string of the molecule is CC[C@H](C)[C@H](NC(=O)CSc1ccc(F)cc1F)C(=O)OC. The molecule has 1 aromatic rings. The predicted octanol–water partition coefficient (Wildman–Crippen LogP) is 2.76. The van der Waals surface area contributed by atoms with Crippen molar-refractivity contribution >= 4 is 23.6 Å². The summed E-state index contributed by atoms with van der Waals surface area (Å²) in [4.78, 5) is 23.8. The fourth-order valence-corrected chi connectivity index (χ4v) is 2.48. The topological polar surface area (TPSA) is 55.4 Å². The molecule has 122 valence electrons. The molecule has 0 saturated heterocycles. The second kappa shape index (κ2) is 8.73. The van der Waals surface area contributed by atoms with Crippen LogP contribution in [0.1, 0.15) is 20.3 Å². The lowest BCUT2D eigenvalue weighted by Crippen LogP contribution is -2.46. The van der Waals surface area contributed by atoms with E-state index in [0.29, 0.717) is 6.42 Å². The van der Waals surface area contributed by atoms with Crippen molar-refractivity contribution in [1.82, 2.24) is 5.32 Å². The Balaban J connectivity index is 2.62. The number of esters is 1. The number of carbonyl (C=O) groups excluding carboxylic acids is 2. The van der Waals surface area contributed by atoms with Crippen LogP contribution in [0.3, 0.4) is 0 Å². The second-order valence-corrected chi connectivity index (χ2v) is 5.83. The van der Waals surface area contributed by atoms with E-state index in [0.717, 1.165) is 23.9 Å². The van der Waals surface area contributed by atoms with Gasteiger partial charge in [0.05, 0.1) is 12.9 Å². The minimum atomic E-state index is -0.735. The summed E-state index contributed by atoms with van der Waals surface area (Å²) in [7, 11) is 1.26. The average Bonchev–Trinajstić information content (AvgIpc) is 2.50. The van der Waals surface area contributed by atoms with Crippen molar-refractivity contribution in [2.45, 2.75) is 31.2 Å². The van der Waals surface area contributed by atoms with Gasteiger partial charge in [-0.1, -0.05) is 20.3 Å². The van der Waals surface area contributed by atoms with E-state index in [4.69, 9.17) is 0 Å². The van der Waals surface area contributed by atoms with Crippen molar-refractivity contribution in [1.29, 1.82) is 0 Å². The highest BCUT2D eigenvalue weighted by Gasteiger charge is 2.26. The summed E-state index contributed by atoms with van der Waals surface area (Å²) in [6.07, 6.45) is 0.694. The standard InChI is InChI=1S/C15H19F2NO3S/c1-4-9(2)14(15(20)21-3)18-13(19)8-22-12-6-5-10(16)7-11(12)17/h5-7,9,14H,4,8H2,1-3H3,(H,18,19)/t9-,14-/m0/s1. The van der Waals surface area contributed by atoms with Gasteiger partial charge in [-0.05, 0) is 18.1 Å². The van der Waals surface area contributed by atoms with Crippen molar-refractivity contribution in [3.63, 3.8) is 0 Å². The van der Waals surface area contributed by atoms with Crippen molar-refractivity contribution in [2.75, 3.05) is 12.9 Å². The van der Waals surface area contributed by atoms with Crippen molar-refractivity contribution in [2.24, 2.45) is 5.92 Å². The van der Waals surface area contributed by atoms with Gasteiger partial charge in [0.2, 0.25) is 5.91 Å². The number of hydrogen-bond acceptors (Lipinski definition) is 4. The van der Waals surface area contributed by atoms with E-state index in [1.807, 2.05) is 13.8 Å². The van der Waals surface area contributed by atoms with Crippen LogP contribution in [0.15, 0.2) is 23.1 Å². The number of thioether (sulfide) groups is 1. The molecule has 1 N–H and O–H groups in total. The first-order chi connectivity index (χ1) is 10.4. The normalized spacial score (nSPS) is 13.3. The first-order valence-corrected chi connectivity index (χ1v) is 7.82. The number of carbonyl (C=O) groups is 2. The maximum atomic E-state index is 13.5. The maximum Gasteiger partial charge on any atom is 0.328 e. The molecule has 0 bridgehead atoms. The molecule has 4 nitrogen and oxygen atoms in total. The quantitative estimate of drug-likeness (QED) is 0.617. The molecule has 0 fully saturated rings. The van der Waals surface area contributed by atoms with E-state index < -0.39 is 29.6 Å². The third-order valence-corrected chi connectivity index (χ3v) is 4.29. The highest BCUT2D eigenvalue weighted by Crippen LogP contribution is 2.22. The van der Waals surface area contributed by atoms with E-state index in [2.05, 4.69) is 10.1 Å². The molecule has 2 atom stereocenters. The molecular formula is C15H19F2NO3S. The predicted molar refractivity (Wildman–Crippen MR) is 80.5 cm³/mol. The van der Waals surface area contributed by atoms with Crippen LogP contribution in [0.25, 0.3) is 0 Å². The van der Waals surface area contributed by atoms with E-state index in [1.165, 1.54) is 13.2 Å². The Hall–Kier alpha value is -1.63. The van der Waals surface area contributed by atoms with Gasteiger partial charge in [-0.3, -0.25) is 4.79 Å². The third kappa shape index (κ3) is 5.29. The van der Waals surface area contributed by atoms with Gasteiger partial charge >= 0.3 is 5.97 Å². The monoisotopic (exact) mass is 331 g/mol. The van der Waals surface area contributed by atoms with E-state index in [9.17, 15) is 18.4 Å². The molecule has 1 rings (SSSR count). The van der Waals surface area contributed by atoms with E-state index in [-0.39, 0.29) is 16.6 Å². The van der Waals surface area contributed by atoms with E-state index >= 15 is 0 Å². The largest absolute Gasteiger partial charge is 0.467 e. The Labute approximate surface area is 132 Å². The van der Waals surface area contributed by atoms with Gasteiger partial charge in [-0.25, -0.2) is 13.6 Å². The summed E-state index contributed by atoms with van der Waals surface area (Å²) in [5.41, 5.74) is 0. The lowest BCUT2D eigenvalue weighted by Gasteiger charge is -2.21. The van der Waals surface area contributed by atoms with Gasteiger partial charge in [-0.2, -0.15) is 0 Å². The molecule has 0 aromatic heterocycles. The number of ether oxygens (including phenoxy) is 1. The fraction of sp³-hybridized carbons (Fsp3) is 0.467. The van der Waals surface area contributed by atoms with Crippen LogP contribution >= 0.6 is 11.8 Å². The maximum absolute atomic E-state index is 13.5. The lowest BCUT2D eigenvalue weighted by molar-refractivity contribution is -0.146. The molecule has 0 aliphatic heterocycles. The van der Waals surface area contributed by atoms with Crippen molar-refractivity contribution < 1.29 is 23.1 Å². The highest BCUT2D eigenvalue weighted by atomic mass is 32.2. The lowest BCUT2D eigenvalue weighted by atomic mass is 9.99. The van der Waals surface area contributed by atoms with Crippen LogP contribution in [0, 0.1) is 17.6 Å². The summed E-state index contributed by atoms with van der Waals surface area (Å²) >= 11 is 0.939. The van der Waals surface area contributed by atoms with Gasteiger partial charge in [0.15, 0.2) is 0 Å². The zero-order valence-corrected chi connectivity index (χ0v) is 13.5. The Morgan fingerprint density at radius 3 is 2.59 bits per heavy atom. The van der Waals surface area contributed by atoms with Crippen LogP contribution in [-0.4, -0.2) is 30.8 Å². The molecule has 0 aliphatic rings. The zero-order valence-electron chi connectivity index (χ0n) is 12.7. The van der Waals surface area contributed by atoms with Crippen LogP contribution in [0.4, 0.5) is 8.78 Å². The minimum Gasteiger partial charge on any atom is -0.467 e. The van der Waals surface area contributed by atoms with Gasteiger partial charge < -0.3 is 10.1 Å². The smallest absolute Gasteiger partial charge is 0.328 e. The first-order valence-electron chi connectivity index (χ1n) is 6.84. The van der Waals surface area contributed by atoms with Crippen LogP contribution in [0.5, 0.6) is 0 Å². The number of halogens is 2. The third-order valence-electron chi connectivity index (χ3n) is 3.24. The average molecular weight is 331 g/mol. The Kier molecular flexibility index (Phi) is 7.31. The second-order valence-electron chi connectivity index (χ2n) is 4.82. The molecule has 0 heterocycles. The summed E-state index contributed by atoms with van der Waals surface area (Å²) in [5.74, 6) is -2.47. The number of benzene rings is 1. The Morgan fingerprint density at radius 1 is 1.36 bits per heavy atom. The van der Waals surface area contributed by atoms with E-state index in [1.54, 1.807) is 0 Å². The molecule has 0 spiro atoms. The number of amides is 1. The number of rotatable bonds is 7. The van der Waals surface area contributed by atoms with Crippen LogP contribution < -0.4 is 5.32 Å². The van der Waals surface area contributed by atoms with Gasteiger partial charge in [0.25, 0.3) is 0 Å². The van der Waals surface area contributed by atoms with Crippen LogP contribution in [0.2, 0.25) is 0 Å². The first kappa shape index (κ1) is 18.4. The van der Waals surface area contributed by atoms with Gasteiger partial charge in [0.1, 0.15) is 17.7 Å². The minimum absolute atomic E-state index is 0.0769. The van der Waals surface area contributed by atoms with Crippen molar-refractivity contribution in [3.05, 3.63) is 29.8 Å². The summed E-state index contributed by atoms with van der Waals surface area (Å²) in [6, 6.07) is 2.42. The molecule has 1 aromatic carbocycles. The molecular weight excluding hydrogens is 312 g/mol. The molecule has 7 heteroatoms. The number of methoxy groups -OCH3 is 1. The molecule has 0 aliphatic carbocycles. The van der Waals surface area contributed by atoms with Crippen LogP contribution in [-0.2, 0) is 14.3 Å². The van der Waals surface area contributed by atoms with Gasteiger partial charge in [-0.15, -0.1) is 11.8 Å². The molecule has 0 radical (unpaired) electrons. The number of nitrogens with one attached hydrogen (secondary N) is 1. The summed E-state index contributed by atoms with van der Waals surface area (Å²) in [6.45, 7) is 3.73. The summed E-state index contributed by atoms with van der Waals surface area (Å²) < 4.78 is 30.9. The summed E-state index contributed by atoms with van der Waals surface area (Å²) in [5, 5.41) is 2.59. The highest BCUT2D eigenvalue weighted by molar-refractivity contribution is 8.00. The van der Waals surface area contributed by atoms with Crippen molar-refractivity contribution in [3.8, 4) is 0 Å². The fourth-order valence-electron chi connectivity index (χ4n) is 1.75. The Morgan fingerprint density at radius 2 is 2.05 bits per heavy atom. The Bertz CT molecular complexity index is 540. The molecule has 0 saturated carbocycles. The number of hydrogen-bond donors (Lipinski definition) is 1. The van der Waals surface area contributed by atoms with Gasteiger partial charge in [0, 0.05) is 11.0 Å².